The van der Waals surface area contributed by atoms with Crippen molar-refractivity contribution in [3.05, 3.63) is 89.5 Å². The summed E-state index contributed by atoms with van der Waals surface area (Å²) < 4.78 is 33.6. The first-order valence-electron chi connectivity index (χ1n) is 10.2. The monoisotopic (exact) mass is 436 g/mol. The molecule has 31 heavy (non-hydrogen) atoms. The summed E-state index contributed by atoms with van der Waals surface area (Å²) in [4.78, 5) is 14.7. The van der Waals surface area contributed by atoms with E-state index in [1.807, 2.05) is 37.3 Å². The molecule has 1 aliphatic rings. The molecule has 0 saturated carbocycles. The van der Waals surface area contributed by atoms with Crippen LogP contribution in [-0.4, -0.2) is 32.4 Å². The van der Waals surface area contributed by atoms with E-state index >= 15 is 0 Å². The average molecular weight is 437 g/mol. The summed E-state index contributed by atoms with van der Waals surface area (Å²) in [6.07, 6.45) is 0.736. The van der Waals surface area contributed by atoms with Gasteiger partial charge in [-0.2, -0.15) is 0 Å². The van der Waals surface area contributed by atoms with Crippen molar-refractivity contribution in [1.29, 1.82) is 0 Å². The molecule has 6 nitrogen and oxygen atoms in total. The minimum Gasteiger partial charge on any atom is -0.494 e. The normalized spacial score (nSPS) is 13.4. The number of carbonyl (C=O) groups excluding carboxylic acids is 1. The SMILES string of the molecule is CCOc1ccc(S(=O)(=O)Nc2ccc3c(c2)CN(C(=O)c2ccccc2)CC3)cc1. The third-order valence-electron chi connectivity index (χ3n) is 5.22. The number of rotatable bonds is 6. The number of amides is 1. The van der Waals surface area contributed by atoms with E-state index in [1.54, 1.807) is 35.2 Å². The van der Waals surface area contributed by atoms with Gasteiger partial charge in [0.15, 0.2) is 0 Å². The zero-order valence-corrected chi connectivity index (χ0v) is 18.1. The molecule has 3 aromatic carbocycles. The molecular weight excluding hydrogens is 412 g/mol. The highest BCUT2D eigenvalue weighted by molar-refractivity contribution is 7.92. The quantitative estimate of drug-likeness (QED) is 0.632. The molecule has 0 saturated heterocycles. The Labute approximate surface area is 182 Å². The molecule has 7 heteroatoms. The number of fused-ring (bicyclic) bond motifs is 1. The molecule has 0 bridgehead atoms. The Hall–Kier alpha value is -3.32. The van der Waals surface area contributed by atoms with Gasteiger partial charge in [-0.25, -0.2) is 8.42 Å². The van der Waals surface area contributed by atoms with Crippen molar-refractivity contribution < 1.29 is 17.9 Å². The van der Waals surface area contributed by atoms with Crippen molar-refractivity contribution in [2.45, 2.75) is 24.8 Å². The molecule has 0 aromatic heterocycles. The lowest BCUT2D eigenvalue weighted by molar-refractivity contribution is 0.0734. The zero-order valence-electron chi connectivity index (χ0n) is 17.2. The number of benzene rings is 3. The van der Waals surface area contributed by atoms with E-state index in [1.165, 1.54) is 12.1 Å². The molecule has 0 spiro atoms. The van der Waals surface area contributed by atoms with E-state index in [0.29, 0.717) is 36.7 Å². The number of anilines is 1. The summed E-state index contributed by atoms with van der Waals surface area (Å²) in [6.45, 7) is 3.47. The van der Waals surface area contributed by atoms with E-state index in [9.17, 15) is 13.2 Å². The van der Waals surface area contributed by atoms with Crippen LogP contribution in [0.4, 0.5) is 5.69 Å². The Bertz CT molecular complexity index is 1180. The minimum absolute atomic E-state index is 0.0216. The summed E-state index contributed by atoms with van der Waals surface area (Å²) in [6, 6.07) is 21.0. The predicted octanol–water partition coefficient (Wildman–Crippen LogP) is 4.08. The van der Waals surface area contributed by atoms with Gasteiger partial charge in [-0.15, -0.1) is 0 Å². The van der Waals surface area contributed by atoms with Crippen molar-refractivity contribution in [3.8, 4) is 5.75 Å². The molecule has 0 aliphatic carbocycles. The molecule has 1 N–H and O–H groups in total. The minimum atomic E-state index is -3.73. The first kappa shape index (κ1) is 20.9. The van der Waals surface area contributed by atoms with Gasteiger partial charge in [-0.3, -0.25) is 9.52 Å². The van der Waals surface area contributed by atoms with Crippen LogP contribution in [0, 0.1) is 0 Å². The summed E-state index contributed by atoms with van der Waals surface area (Å²) in [5.74, 6) is 0.602. The van der Waals surface area contributed by atoms with Crippen molar-refractivity contribution >= 4 is 21.6 Å². The van der Waals surface area contributed by atoms with E-state index in [4.69, 9.17) is 4.74 Å². The second-order valence-corrected chi connectivity index (χ2v) is 9.02. The fraction of sp³-hybridized carbons (Fsp3) is 0.208. The standard InChI is InChI=1S/C24H24N2O4S/c1-2-30-22-10-12-23(13-11-22)31(28,29)25-21-9-8-18-14-15-26(17-20(18)16-21)24(27)19-6-4-3-5-7-19/h3-13,16,25H,2,14-15,17H2,1H3. The second kappa shape index (κ2) is 8.81. The smallest absolute Gasteiger partial charge is 0.261 e. The van der Waals surface area contributed by atoms with Gasteiger partial charge in [0.25, 0.3) is 15.9 Å². The third kappa shape index (κ3) is 4.72. The Kier molecular flexibility index (Phi) is 5.95. The molecular formula is C24H24N2O4S. The lowest BCUT2D eigenvalue weighted by Gasteiger charge is -2.29. The molecule has 1 amide bonds. The van der Waals surface area contributed by atoms with Crippen LogP contribution < -0.4 is 9.46 Å². The number of nitrogens with one attached hydrogen (secondary N) is 1. The Morgan fingerprint density at radius 1 is 1.00 bits per heavy atom. The van der Waals surface area contributed by atoms with Gasteiger partial charge in [0, 0.05) is 24.3 Å². The number of carbonyl (C=O) groups is 1. The first-order chi connectivity index (χ1) is 15.0. The second-order valence-electron chi connectivity index (χ2n) is 7.34. The number of ether oxygens (including phenoxy) is 1. The van der Waals surface area contributed by atoms with Crippen LogP contribution in [-0.2, 0) is 23.0 Å². The van der Waals surface area contributed by atoms with Gasteiger partial charge in [0.05, 0.1) is 11.5 Å². The lowest BCUT2D eigenvalue weighted by atomic mass is 9.98. The zero-order chi connectivity index (χ0) is 21.8. The van der Waals surface area contributed by atoms with Gasteiger partial charge in [0.2, 0.25) is 0 Å². The molecule has 4 rings (SSSR count). The maximum absolute atomic E-state index is 12.8. The summed E-state index contributed by atoms with van der Waals surface area (Å²) in [7, 11) is -3.73. The van der Waals surface area contributed by atoms with E-state index < -0.39 is 10.0 Å². The molecule has 1 heterocycles. The van der Waals surface area contributed by atoms with Crippen LogP contribution >= 0.6 is 0 Å². The molecule has 3 aromatic rings. The van der Waals surface area contributed by atoms with E-state index in [0.717, 1.165) is 17.5 Å². The maximum Gasteiger partial charge on any atom is 0.261 e. The highest BCUT2D eigenvalue weighted by Gasteiger charge is 2.23. The highest BCUT2D eigenvalue weighted by Crippen LogP contribution is 2.26. The number of hydrogen-bond acceptors (Lipinski definition) is 4. The molecule has 0 radical (unpaired) electrons. The van der Waals surface area contributed by atoms with E-state index in [2.05, 4.69) is 4.72 Å². The van der Waals surface area contributed by atoms with E-state index in [-0.39, 0.29) is 10.8 Å². The van der Waals surface area contributed by atoms with Crippen LogP contribution in [0.25, 0.3) is 0 Å². The third-order valence-corrected chi connectivity index (χ3v) is 6.62. The van der Waals surface area contributed by atoms with Gasteiger partial charge in [-0.05, 0) is 73.0 Å². The topological polar surface area (TPSA) is 75.7 Å². The lowest BCUT2D eigenvalue weighted by Crippen LogP contribution is -2.36. The van der Waals surface area contributed by atoms with Crippen molar-refractivity contribution in [2.24, 2.45) is 0 Å². The average Bonchev–Trinajstić information content (AvgIpc) is 2.79. The number of nitrogens with zero attached hydrogens (tertiary/aromatic N) is 1. The fourth-order valence-corrected chi connectivity index (χ4v) is 4.70. The Morgan fingerprint density at radius 2 is 1.74 bits per heavy atom. The number of sulfonamides is 1. The van der Waals surface area contributed by atoms with Gasteiger partial charge >= 0.3 is 0 Å². The van der Waals surface area contributed by atoms with Crippen LogP contribution in [0.3, 0.4) is 0 Å². The predicted molar refractivity (Wildman–Crippen MR) is 120 cm³/mol. The van der Waals surface area contributed by atoms with Gasteiger partial charge in [0.1, 0.15) is 5.75 Å². The molecule has 0 atom stereocenters. The van der Waals surface area contributed by atoms with Crippen molar-refractivity contribution in [1.82, 2.24) is 4.90 Å². The Morgan fingerprint density at radius 3 is 2.45 bits per heavy atom. The first-order valence-corrected chi connectivity index (χ1v) is 11.7. The Balaban J connectivity index is 1.51. The van der Waals surface area contributed by atoms with Crippen LogP contribution in [0.15, 0.2) is 77.7 Å². The van der Waals surface area contributed by atoms with Gasteiger partial charge < -0.3 is 9.64 Å². The molecule has 0 fully saturated rings. The molecule has 1 aliphatic heterocycles. The summed E-state index contributed by atoms with van der Waals surface area (Å²) in [5.41, 5.74) is 3.20. The summed E-state index contributed by atoms with van der Waals surface area (Å²) >= 11 is 0. The summed E-state index contributed by atoms with van der Waals surface area (Å²) in [5, 5.41) is 0. The number of hydrogen-bond donors (Lipinski definition) is 1. The highest BCUT2D eigenvalue weighted by atomic mass is 32.2. The van der Waals surface area contributed by atoms with Crippen molar-refractivity contribution in [3.63, 3.8) is 0 Å². The van der Waals surface area contributed by atoms with Gasteiger partial charge in [-0.1, -0.05) is 24.3 Å². The van der Waals surface area contributed by atoms with Crippen molar-refractivity contribution in [2.75, 3.05) is 17.9 Å². The van der Waals surface area contributed by atoms with Crippen LogP contribution in [0.1, 0.15) is 28.4 Å². The van der Waals surface area contributed by atoms with Crippen LogP contribution in [0.2, 0.25) is 0 Å². The fourth-order valence-electron chi connectivity index (χ4n) is 3.65. The molecule has 0 unspecified atom stereocenters. The van der Waals surface area contributed by atoms with Crippen LogP contribution in [0.5, 0.6) is 5.75 Å². The molecule has 160 valence electrons. The maximum atomic E-state index is 12.8. The largest absolute Gasteiger partial charge is 0.494 e.